The summed E-state index contributed by atoms with van der Waals surface area (Å²) in [5.41, 5.74) is -2.74. The van der Waals surface area contributed by atoms with Crippen LogP contribution in [0.2, 0.25) is 5.02 Å². The van der Waals surface area contributed by atoms with Crippen molar-refractivity contribution >= 4 is 11.6 Å². The first-order valence-electron chi connectivity index (χ1n) is 5.50. The van der Waals surface area contributed by atoms with Gasteiger partial charge in [-0.3, -0.25) is 4.98 Å². The highest BCUT2D eigenvalue weighted by molar-refractivity contribution is 6.31. The van der Waals surface area contributed by atoms with E-state index in [0.717, 1.165) is 24.4 Å². The van der Waals surface area contributed by atoms with Gasteiger partial charge in [-0.25, -0.2) is 0 Å². The summed E-state index contributed by atoms with van der Waals surface area (Å²) in [5, 5.41) is -0.563. The minimum atomic E-state index is -4.76. The van der Waals surface area contributed by atoms with Gasteiger partial charge in [-0.1, -0.05) is 23.7 Å². The summed E-state index contributed by atoms with van der Waals surface area (Å²) < 4.78 is 76.2. The van der Waals surface area contributed by atoms with Crippen LogP contribution in [0, 0.1) is 0 Å². The third kappa shape index (κ3) is 3.29. The van der Waals surface area contributed by atoms with Crippen LogP contribution in [-0.4, -0.2) is 4.98 Å². The van der Waals surface area contributed by atoms with Crippen molar-refractivity contribution in [1.29, 1.82) is 0 Å². The van der Waals surface area contributed by atoms with Crippen molar-refractivity contribution in [2.24, 2.45) is 0 Å². The predicted molar refractivity (Wildman–Crippen MR) is 64.7 cm³/mol. The second-order valence-corrected chi connectivity index (χ2v) is 4.50. The standard InChI is InChI=1S/C13H6ClF6N/c14-9-5-6-21-11(10(9)13(18,19)20)7-1-3-8(4-2-7)12(15,16)17/h1-6H. The first kappa shape index (κ1) is 15.6. The van der Waals surface area contributed by atoms with Gasteiger partial charge >= 0.3 is 12.4 Å². The third-order valence-electron chi connectivity index (χ3n) is 2.67. The van der Waals surface area contributed by atoms with Gasteiger partial charge in [0.25, 0.3) is 0 Å². The predicted octanol–water partition coefficient (Wildman–Crippen LogP) is 5.44. The van der Waals surface area contributed by atoms with Gasteiger partial charge in [-0.05, 0) is 18.2 Å². The van der Waals surface area contributed by atoms with E-state index in [9.17, 15) is 26.3 Å². The number of rotatable bonds is 1. The molecule has 0 bridgehead atoms. The maximum atomic E-state index is 13.0. The zero-order valence-electron chi connectivity index (χ0n) is 10.1. The fourth-order valence-electron chi connectivity index (χ4n) is 1.74. The third-order valence-corrected chi connectivity index (χ3v) is 2.98. The second-order valence-electron chi connectivity index (χ2n) is 4.09. The molecular formula is C13H6ClF6N. The van der Waals surface area contributed by atoms with Crippen molar-refractivity contribution in [2.45, 2.75) is 12.4 Å². The molecular weight excluding hydrogens is 320 g/mol. The second kappa shape index (κ2) is 5.22. The molecule has 0 saturated carbocycles. The normalized spacial score (nSPS) is 12.5. The molecule has 2 aromatic rings. The lowest BCUT2D eigenvalue weighted by molar-refractivity contribution is -0.138. The lowest BCUT2D eigenvalue weighted by atomic mass is 10.0. The Morgan fingerprint density at radius 2 is 1.38 bits per heavy atom. The van der Waals surface area contributed by atoms with Gasteiger partial charge in [0.1, 0.15) is 5.56 Å². The molecule has 0 radical (unpaired) electrons. The van der Waals surface area contributed by atoms with E-state index >= 15 is 0 Å². The Balaban J connectivity index is 2.56. The summed E-state index contributed by atoms with van der Waals surface area (Å²) in [6.45, 7) is 0. The van der Waals surface area contributed by atoms with Crippen LogP contribution >= 0.6 is 11.6 Å². The summed E-state index contributed by atoms with van der Waals surface area (Å²) in [6.07, 6.45) is -8.26. The van der Waals surface area contributed by atoms with Gasteiger partial charge in [0.15, 0.2) is 0 Å². The van der Waals surface area contributed by atoms with E-state index in [1.807, 2.05) is 0 Å². The Morgan fingerprint density at radius 1 is 0.810 bits per heavy atom. The zero-order valence-corrected chi connectivity index (χ0v) is 10.8. The zero-order chi connectivity index (χ0) is 15.8. The molecule has 0 atom stereocenters. The van der Waals surface area contributed by atoms with Crippen molar-refractivity contribution in [3.05, 3.63) is 52.7 Å². The number of pyridine rings is 1. The van der Waals surface area contributed by atoms with E-state index in [2.05, 4.69) is 4.98 Å². The lowest BCUT2D eigenvalue weighted by Gasteiger charge is -2.14. The smallest absolute Gasteiger partial charge is 0.256 e. The number of benzene rings is 1. The van der Waals surface area contributed by atoms with Gasteiger partial charge < -0.3 is 0 Å². The Hall–Kier alpha value is -1.76. The molecule has 0 aliphatic rings. The van der Waals surface area contributed by atoms with Crippen molar-refractivity contribution < 1.29 is 26.3 Å². The maximum absolute atomic E-state index is 13.0. The molecule has 0 saturated heterocycles. The number of halogens is 7. The Bertz CT molecular complexity index is 645. The van der Waals surface area contributed by atoms with Gasteiger partial charge in [0.05, 0.1) is 16.3 Å². The fourth-order valence-corrected chi connectivity index (χ4v) is 2.00. The van der Waals surface area contributed by atoms with Crippen LogP contribution in [0.3, 0.4) is 0 Å². The first-order chi connectivity index (χ1) is 9.60. The quantitative estimate of drug-likeness (QED) is 0.636. The molecule has 0 aliphatic carbocycles. The molecule has 0 amide bonds. The highest BCUT2D eigenvalue weighted by Crippen LogP contribution is 2.40. The van der Waals surface area contributed by atoms with E-state index in [4.69, 9.17) is 11.6 Å². The van der Waals surface area contributed by atoms with Crippen molar-refractivity contribution in [3.63, 3.8) is 0 Å². The first-order valence-corrected chi connectivity index (χ1v) is 5.88. The van der Waals surface area contributed by atoms with E-state index in [1.54, 1.807) is 0 Å². The van der Waals surface area contributed by atoms with E-state index in [-0.39, 0.29) is 5.56 Å². The number of alkyl halides is 6. The molecule has 1 heterocycles. The van der Waals surface area contributed by atoms with Crippen LogP contribution in [0.5, 0.6) is 0 Å². The molecule has 0 unspecified atom stereocenters. The summed E-state index contributed by atoms with van der Waals surface area (Å²) in [6, 6.07) is 4.21. The van der Waals surface area contributed by atoms with Gasteiger partial charge in [-0.2, -0.15) is 26.3 Å². The number of nitrogens with zero attached hydrogens (tertiary/aromatic N) is 1. The fraction of sp³-hybridized carbons (Fsp3) is 0.154. The molecule has 2 rings (SSSR count). The number of hydrogen-bond donors (Lipinski definition) is 0. The van der Waals surface area contributed by atoms with Crippen molar-refractivity contribution in [3.8, 4) is 11.3 Å². The van der Waals surface area contributed by atoms with Crippen LogP contribution in [0.25, 0.3) is 11.3 Å². The van der Waals surface area contributed by atoms with Crippen LogP contribution in [0.15, 0.2) is 36.5 Å². The van der Waals surface area contributed by atoms with E-state index in [0.29, 0.717) is 12.1 Å². The SMILES string of the molecule is FC(F)(F)c1ccc(-c2nccc(Cl)c2C(F)(F)F)cc1. The van der Waals surface area contributed by atoms with Crippen LogP contribution in [0.1, 0.15) is 11.1 Å². The van der Waals surface area contributed by atoms with Gasteiger partial charge in [0.2, 0.25) is 0 Å². The van der Waals surface area contributed by atoms with Crippen molar-refractivity contribution in [2.75, 3.05) is 0 Å². The topological polar surface area (TPSA) is 12.9 Å². The molecule has 0 spiro atoms. The van der Waals surface area contributed by atoms with Gasteiger partial charge in [-0.15, -0.1) is 0 Å². The molecule has 0 N–H and O–H groups in total. The molecule has 0 fully saturated rings. The molecule has 8 heteroatoms. The summed E-state index contributed by atoms with van der Waals surface area (Å²) in [7, 11) is 0. The molecule has 0 aliphatic heterocycles. The summed E-state index contributed by atoms with van der Waals surface area (Å²) in [5.74, 6) is 0. The highest BCUT2D eigenvalue weighted by Gasteiger charge is 2.37. The molecule has 1 aromatic carbocycles. The highest BCUT2D eigenvalue weighted by atomic mass is 35.5. The minimum absolute atomic E-state index is 0.0992. The van der Waals surface area contributed by atoms with E-state index < -0.39 is 34.2 Å². The molecule has 1 aromatic heterocycles. The van der Waals surface area contributed by atoms with E-state index in [1.165, 1.54) is 0 Å². The number of hydrogen-bond acceptors (Lipinski definition) is 1. The summed E-state index contributed by atoms with van der Waals surface area (Å²) >= 11 is 5.53. The molecule has 112 valence electrons. The van der Waals surface area contributed by atoms with Crippen LogP contribution < -0.4 is 0 Å². The Morgan fingerprint density at radius 3 is 1.86 bits per heavy atom. The lowest BCUT2D eigenvalue weighted by Crippen LogP contribution is -2.10. The summed E-state index contributed by atoms with van der Waals surface area (Å²) in [4.78, 5) is 3.58. The van der Waals surface area contributed by atoms with Crippen LogP contribution in [0.4, 0.5) is 26.3 Å². The molecule has 21 heavy (non-hydrogen) atoms. The average molecular weight is 326 g/mol. The average Bonchev–Trinajstić information content (AvgIpc) is 2.36. The Kier molecular flexibility index (Phi) is 3.88. The van der Waals surface area contributed by atoms with Crippen LogP contribution in [-0.2, 0) is 12.4 Å². The minimum Gasteiger partial charge on any atom is -0.256 e. The maximum Gasteiger partial charge on any atom is 0.419 e. The monoisotopic (exact) mass is 325 g/mol. The molecule has 1 nitrogen and oxygen atoms in total. The Labute approximate surface area is 120 Å². The van der Waals surface area contributed by atoms with Crippen molar-refractivity contribution in [1.82, 2.24) is 4.98 Å². The van der Waals surface area contributed by atoms with Gasteiger partial charge in [0, 0.05) is 11.8 Å². The number of aromatic nitrogens is 1. The largest absolute Gasteiger partial charge is 0.419 e.